The normalized spacial score (nSPS) is 15.6. The fourth-order valence-electron chi connectivity index (χ4n) is 2.68. The summed E-state index contributed by atoms with van der Waals surface area (Å²) in [6.45, 7) is 2.50. The van der Waals surface area contributed by atoms with Gasteiger partial charge in [0.25, 0.3) is 0 Å². The molecule has 0 fully saturated rings. The molecule has 0 spiro atoms. The number of hydrogen-bond donors (Lipinski definition) is 0. The molecule has 0 heterocycles. The van der Waals surface area contributed by atoms with Gasteiger partial charge in [0.1, 0.15) is 0 Å². The molecule has 0 N–H and O–H groups in total. The lowest BCUT2D eigenvalue weighted by molar-refractivity contribution is 0.174. The van der Waals surface area contributed by atoms with Gasteiger partial charge in [-0.25, -0.2) is 12.8 Å². The molecule has 0 aliphatic heterocycles. The van der Waals surface area contributed by atoms with Gasteiger partial charge in [-0.15, -0.1) is 0 Å². The maximum absolute atomic E-state index is 16.3. The van der Waals surface area contributed by atoms with E-state index in [0.717, 1.165) is 0 Å². The molecule has 0 radical (unpaired) electrons. The zero-order chi connectivity index (χ0) is 21.5. The predicted octanol–water partition coefficient (Wildman–Crippen LogP) is 4.55. The third kappa shape index (κ3) is 5.03. The molecule has 2 rings (SSSR count). The van der Waals surface area contributed by atoms with E-state index < -0.39 is 39.4 Å². The minimum atomic E-state index is -4.79. The molecule has 10 heteroatoms. The van der Waals surface area contributed by atoms with Crippen LogP contribution in [0.4, 0.5) is 4.39 Å². The SMILES string of the molecule is CCOP(=O)(OCC)C(F)(CCS(=O)c1ccccc1)S(=O)(=O)c1ccccc1. The van der Waals surface area contributed by atoms with Crippen LogP contribution in [0.3, 0.4) is 0 Å². The molecule has 29 heavy (non-hydrogen) atoms. The van der Waals surface area contributed by atoms with Crippen molar-refractivity contribution in [2.75, 3.05) is 19.0 Å². The van der Waals surface area contributed by atoms with E-state index in [-0.39, 0.29) is 23.9 Å². The highest BCUT2D eigenvalue weighted by molar-refractivity contribution is 7.99. The Hall–Kier alpha value is -1.38. The molecule has 0 saturated heterocycles. The summed E-state index contributed by atoms with van der Waals surface area (Å²) in [7, 11) is -11.3. The van der Waals surface area contributed by atoms with Gasteiger partial charge in [-0.1, -0.05) is 36.4 Å². The number of benzene rings is 2. The molecule has 0 saturated carbocycles. The minimum absolute atomic E-state index is 0.213. The highest BCUT2D eigenvalue weighted by Crippen LogP contribution is 2.66. The summed E-state index contributed by atoms with van der Waals surface area (Å²) >= 11 is 0. The van der Waals surface area contributed by atoms with Crippen LogP contribution in [0, 0.1) is 0 Å². The fraction of sp³-hybridized carbons (Fsp3) is 0.368. The van der Waals surface area contributed by atoms with Gasteiger partial charge in [0.15, 0.2) is 0 Å². The van der Waals surface area contributed by atoms with Gasteiger partial charge in [0.2, 0.25) is 9.84 Å². The first-order valence-electron chi connectivity index (χ1n) is 9.03. The summed E-state index contributed by atoms with van der Waals surface area (Å²) in [5.74, 6) is -0.378. The van der Waals surface area contributed by atoms with Crippen LogP contribution in [0.2, 0.25) is 0 Å². The average Bonchev–Trinajstić information content (AvgIpc) is 2.73. The molecule has 2 aromatic rings. The summed E-state index contributed by atoms with van der Waals surface area (Å²) in [6.07, 6.45) is -0.816. The summed E-state index contributed by atoms with van der Waals surface area (Å²) in [4.78, 5) is 0.0576. The summed E-state index contributed by atoms with van der Waals surface area (Å²) in [5, 5.41) is 0. The van der Waals surface area contributed by atoms with Crippen LogP contribution in [0.1, 0.15) is 20.3 Å². The largest absolute Gasteiger partial charge is 0.383 e. The minimum Gasteiger partial charge on any atom is -0.306 e. The molecular weight excluding hydrogens is 438 g/mol. The standard InChI is InChI=1S/C19H24FO6PS2/c1-3-25-27(21,26-4-2)19(20,29(23,24)18-13-9-6-10-14-18)15-16-28(22)17-11-7-5-8-12-17/h5-14H,3-4,15-16H2,1-2H3. The quantitative estimate of drug-likeness (QED) is 0.456. The van der Waals surface area contributed by atoms with Gasteiger partial charge < -0.3 is 9.05 Å². The Balaban J connectivity index is 2.50. The van der Waals surface area contributed by atoms with E-state index in [4.69, 9.17) is 9.05 Å². The third-order valence-corrected chi connectivity index (χ3v) is 11.0. The topological polar surface area (TPSA) is 86.7 Å². The molecule has 0 aliphatic rings. The van der Waals surface area contributed by atoms with Gasteiger partial charge in [-0.3, -0.25) is 8.77 Å². The highest BCUT2D eigenvalue weighted by Gasteiger charge is 2.62. The van der Waals surface area contributed by atoms with Crippen molar-refractivity contribution in [3.8, 4) is 0 Å². The smallest absolute Gasteiger partial charge is 0.306 e. The van der Waals surface area contributed by atoms with Gasteiger partial charge in [0.05, 0.1) is 28.9 Å². The van der Waals surface area contributed by atoms with E-state index in [2.05, 4.69) is 0 Å². The monoisotopic (exact) mass is 462 g/mol. The van der Waals surface area contributed by atoms with Crippen molar-refractivity contribution in [1.82, 2.24) is 0 Å². The van der Waals surface area contributed by atoms with Crippen LogP contribution < -0.4 is 0 Å². The fourth-order valence-corrected chi connectivity index (χ4v) is 8.70. The van der Waals surface area contributed by atoms with Crippen LogP contribution in [0.25, 0.3) is 0 Å². The zero-order valence-corrected chi connectivity index (χ0v) is 18.7. The number of rotatable bonds is 11. The first-order valence-corrected chi connectivity index (χ1v) is 13.4. The number of alkyl halides is 1. The Labute approximate surface area is 173 Å². The summed E-state index contributed by atoms with van der Waals surface area (Å²) in [5.41, 5.74) is 0. The zero-order valence-electron chi connectivity index (χ0n) is 16.2. The molecule has 0 aromatic heterocycles. The third-order valence-electron chi connectivity index (χ3n) is 4.07. The molecule has 0 bridgehead atoms. The summed E-state index contributed by atoms with van der Waals surface area (Å²) in [6, 6.07) is 15.1. The van der Waals surface area contributed by atoms with Crippen molar-refractivity contribution in [2.45, 2.75) is 34.8 Å². The molecule has 2 atom stereocenters. The van der Waals surface area contributed by atoms with Gasteiger partial charge in [0, 0.05) is 17.1 Å². The maximum atomic E-state index is 16.3. The first-order chi connectivity index (χ1) is 13.7. The molecule has 0 amide bonds. The second kappa shape index (κ2) is 10.1. The van der Waals surface area contributed by atoms with Crippen molar-refractivity contribution in [2.24, 2.45) is 0 Å². The van der Waals surface area contributed by atoms with Gasteiger partial charge in [-0.2, -0.15) is 0 Å². The molecular formula is C19H24FO6PS2. The van der Waals surface area contributed by atoms with Gasteiger partial charge >= 0.3 is 12.3 Å². The Morgan fingerprint density at radius 2 is 1.45 bits per heavy atom. The second-order valence-corrected chi connectivity index (χ2v) is 12.2. The molecule has 2 aromatic carbocycles. The summed E-state index contributed by atoms with van der Waals surface area (Å²) < 4.78 is 75.3. The van der Waals surface area contributed by atoms with E-state index in [1.807, 2.05) is 0 Å². The second-order valence-electron chi connectivity index (χ2n) is 5.95. The van der Waals surface area contributed by atoms with Crippen molar-refractivity contribution in [1.29, 1.82) is 0 Å². The average molecular weight is 463 g/mol. The Kier molecular flexibility index (Phi) is 8.31. The van der Waals surface area contributed by atoms with Crippen molar-refractivity contribution in [3.63, 3.8) is 0 Å². The van der Waals surface area contributed by atoms with Crippen molar-refractivity contribution >= 4 is 28.2 Å². The Morgan fingerprint density at radius 1 is 0.966 bits per heavy atom. The van der Waals surface area contributed by atoms with Crippen LogP contribution in [-0.2, 0) is 34.2 Å². The van der Waals surface area contributed by atoms with E-state index in [1.165, 1.54) is 38.1 Å². The van der Waals surface area contributed by atoms with Crippen LogP contribution >= 0.6 is 7.60 Å². The van der Waals surface area contributed by atoms with E-state index >= 15 is 4.39 Å². The Bertz CT molecular complexity index is 959. The lowest BCUT2D eigenvalue weighted by Crippen LogP contribution is -2.37. The molecule has 6 nitrogen and oxygen atoms in total. The number of halogens is 1. The lowest BCUT2D eigenvalue weighted by atomic mass is 10.4. The lowest BCUT2D eigenvalue weighted by Gasteiger charge is -2.31. The van der Waals surface area contributed by atoms with Crippen LogP contribution in [0.5, 0.6) is 0 Å². The Morgan fingerprint density at radius 3 is 1.93 bits per heavy atom. The van der Waals surface area contributed by atoms with Crippen LogP contribution in [-0.4, -0.2) is 36.3 Å². The highest BCUT2D eigenvalue weighted by atomic mass is 32.2. The van der Waals surface area contributed by atoms with Crippen molar-refractivity contribution in [3.05, 3.63) is 60.7 Å². The molecule has 2 unspecified atom stereocenters. The molecule has 0 aliphatic carbocycles. The maximum Gasteiger partial charge on any atom is 0.383 e. The van der Waals surface area contributed by atoms with Crippen LogP contribution in [0.15, 0.2) is 70.5 Å². The van der Waals surface area contributed by atoms with E-state index in [0.29, 0.717) is 4.90 Å². The van der Waals surface area contributed by atoms with Crippen molar-refractivity contribution < 1.29 is 30.6 Å². The number of hydrogen-bond acceptors (Lipinski definition) is 6. The number of sulfone groups is 1. The first kappa shape index (κ1) is 23.9. The molecule has 160 valence electrons. The predicted molar refractivity (Wildman–Crippen MR) is 111 cm³/mol. The van der Waals surface area contributed by atoms with Gasteiger partial charge in [-0.05, 0) is 38.1 Å². The van der Waals surface area contributed by atoms with E-state index in [1.54, 1.807) is 36.4 Å². The van der Waals surface area contributed by atoms with E-state index in [9.17, 15) is 17.2 Å².